The zero-order valence-corrected chi connectivity index (χ0v) is 22.0. The first-order chi connectivity index (χ1) is 18.0. The Hall–Kier alpha value is -3.00. The summed E-state index contributed by atoms with van der Waals surface area (Å²) >= 11 is 7.78. The van der Waals surface area contributed by atoms with Gasteiger partial charge >= 0.3 is 0 Å². The molecule has 0 saturated carbocycles. The third-order valence-corrected chi connectivity index (χ3v) is 8.29. The van der Waals surface area contributed by atoms with Crippen LogP contribution in [-0.2, 0) is 11.2 Å². The second-order valence-electron chi connectivity index (χ2n) is 9.59. The van der Waals surface area contributed by atoms with Crippen LogP contribution in [0.15, 0.2) is 77.8 Å². The number of nitrogens with one attached hydrogen (secondary N) is 1. The van der Waals surface area contributed by atoms with Crippen molar-refractivity contribution < 1.29 is 14.0 Å². The van der Waals surface area contributed by atoms with Crippen molar-refractivity contribution in [3.63, 3.8) is 0 Å². The fourth-order valence-corrected chi connectivity index (χ4v) is 6.08. The maximum absolute atomic E-state index is 14.2. The topological polar surface area (TPSA) is 52.7 Å². The Balaban J connectivity index is 1.18. The largest absolute Gasteiger partial charge is 0.349 e. The van der Waals surface area contributed by atoms with Gasteiger partial charge in [-0.05, 0) is 47.6 Å². The van der Waals surface area contributed by atoms with Gasteiger partial charge in [-0.15, -0.1) is 11.3 Å². The number of benzene rings is 2. The molecule has 5 nitrogen and oxygen atoms in total. The van der Waals surface area contributed by atoms with E-state index in [1.807, 2.05) is 35.8 Å². The molecule has 5 rings (SSSR count). The van der Waals surface area contributed by atoms with Crippen molar-refractivity contribution >= 4 is 34.8 Å². The summed E-state index contributed by atoms with van der Waals surface area (Å²) in [6.45, 7) is 2.93. The molecule has 2 aliphatic rings. The molecule has 1 unspecified atom stereocenters. The number of rotatable bonds is 9. The number of fused-ring (bicyclic) bond motifs is 1. The molecule has 37 heavy (non-hydrogen) atoms. The molecule has 0 aliphatic carbocycles. The summed E-state index contributed by atoms with van der Waals surface area (Å²) < 4.78 is 14.2. The first-order valence-corrected chi connectivity index (χ1v) is 13.8. The maximum atomic E-state index is 14.2. The summed E-state index contributed by atoms with van der Waals surface area (Å²) in [6, 6.07) is 18.4. The molecule has 2 aromatic carbocycles. The van der Waals surface area contributed by atoms with Gasteiger partial charge in [0.15, 0.2) is 0 Å². The SMILES string of the molecule is O=C(CCc1cccs1)N[C@@H](CCN1CC2=CN(C(=O)c3c(F)cccc3Cl)CC2C1)c1ccccc1. The molecular formula is C29H29ClFN3O2S. The van der Waals surface area contributed by atoms with Gasteiger partial charge in [-0.25, -0.2) is 4.39 Å². The van der Waals surface area contributed by atoms with Crippen LogP contribution in [0.1, 0.15) is 39.7 Å². The molecule has 2 amide bonds. The minimum Gasteiger partial charge on any atom is -0.349 e. The average molecular weight is 538 g/mol. The van der Waals surface area contributed by atoms with Gasteiger partial charge in [0.25, 0.3) is 5.91 Å². The van der Waals surface area contributed by atoms with Gasteiger partial charge in [0.1, 0.15) is 5.82 Å². The minimum atomic E-state index is -0.598. The molecule has 2 aliphatic heterocycles. The molecule has 1 N–H and O–H groups in total. The molecule has 1 fully saturated rings. The van der Waals surface area contributed by atoms with Crippen LogP contribution in [0.3, 0.4) is 0 Å². The van der Waals surface area contributed by atoms with Crippen molar-refractivity contribution in [3.05, 3.63) is 105 Å². The van der Waals surface area contributed by atoms with Gasteiger partial charge in [-0.3, -0.25) is 14.5 Å². The summed E-state index contributed by atoms with van der Waals surface area (Å²) in [6.07, 6.45) is 3.87. The number of hydrogen-bond donors (Lipinski definition) is 1. The van der Waals surface area contributed by atoms with E-state index in [1.165, 1.54) is 28.6 Å². The number of carbonyl (C=O) groups is 2. The van der Waals surface area contributed by atoms with E-state index >= 15 is 0 Å². The number of carbonyl (C=O) groups excluding carboxylic acids is 2. The second-order valence-corrected chi connectivity index (χ2v) is 11.0. The summed E-state index contributed by atoms with van der Waals surface area (Å²) in [5, 5.41) is 5.41. The summed E-state index contributed by atoms with van der Waals surface area (Å²) in [7, 11) is 0. The Kier molecular flexibility index (Phi) is 8.03. The van der Waals surface area contributed by atoms with Crippen LogP contribution < -0.4 is 5.32 Å². The normalized spacial score (nSPS) is 17.9. The Morgan fingerprint density at radius 2 is 1.92 bits per heavy atom. The predicted octanol–water partition coefficient (Wildman–Crippen LogP) is 5.69. The number of thiophene rings is 1. The zero-order valence-electron chi connectivity index (χ0n) is 20.4. The van der Waals surface area contributed by atoms with Gasteiger partial charge in [0.2, 0.25) is 5.91 Å². The third-order valence-electron chi connectivity index (χ3n) is 7.04. The Bertz CT molecular complexity index is 1260. The Labute approximate surface area is 225 Å². The highest BCUT2D eigenvalue weighted by molar-refractivity contribution is 7.09. The number of aryl methyl sites for hydroxylation is 1. The second kappa shape index (κ2) is 11.6. The molecule has 3 aromatic rings. The van der Waals surface area contributed by atoms with Gasteiger partial charge in [0, 0.05) is 49.6 Å². The standard InChI is InChI=1S/C29H29ClFN3O2S/c30-24-9-4-10-25(31)28(24)29(36)34-18-21-16-33(17-22(21)19-34)14-13-26(20-6-2-1-3-7-20)32-27(35)12-11-23-8-5-15-37-23/h1-10,15,18,22,26H,11-14,16-17,19H2,(H,32,35)/t22?,26-/m0/s1. The molecule has 3 heterocycles. The highest BCUT2D eigenvalue weighted by Crippen LogP contribution is 2.32. The predicted molar refractivity (Wildman–Crippen MR) is 145 cm³/mol. The molecule has 0 bridgehead atoms. The summed E-state index contributed by atoms with van der Waals surface area (Å²) in [5.41, 5.74) is 2.21. The summed E-state index contributed by atoms with van der Waals surface area (Å²) in [5.74, 6) is -0.709. The van der Waals surface area contributed by atoms with Crippen LogP contribution in [0.2, 0.25) is 5.02 Å². The van der Waals surface area contributed by atoms with Gasteiger partial charge in [0.05, 0.1) is 16.6 Å². The number of likely N-dealkylation sites (tertiary alicyclic amines) is 1. The first kappa shape index (κ1) is 25.6. The average Bonchev–Trinajstić information content (AvgIpc) is 3.63. The number of halogens is 2. The van der Waals surface area contributed by atoms with E-state index in [1.54, 1.807) is 16.2 Å². The van der Waals surface area contributed by atoms with E-state index < -0.39 is 11.7 Å². The fraction of sp³-hybridized carbons (Fsp3) is 0.310. The van der Waals surface area contributed by atoms with Gasteiger partial charge in [-0.2, -0.15) is 0 Å². The van der Waals surface area contributed by atoms with Crippen LogP contribution in [0, 0.1) is 11.7 Å². The molecule has 0 spiro atoms. The first-order valence-electron chi connectivity index (χ1n) is 12.5. The van der Waals surface area contributed by atoms with Crippen molar-refractivity contribution in [2.45, 2.75) is 25.3 Å². The maximum Gasteiger partial charge on any atom is 0.262 e. The number of amides is 2. The van der Waals surface area contributed by atoms with E-state index in [2.05, 4.69) is 28.4 Å². The molecule has 8 heteroatoms. The van der Waals surface area contributed by atoms with Crippen LogP contribution in [0.25, 0.3) is 0 Å². The molecule has 2 atom stereocenters. The van der Waals surface area contributed by atoms with E-state index in [4.69, 9.17) is 11.6 Å². The van der Waals surface area contributed by atoms with Crippen molar-refractivity contribution in [3.8, 4) is 0 Å². The lowest BCUT2D eigenvalue weighted by atomic mass is 10.0. The summed E-state index contributed by atoms with van der Waals surface area (Å²) in [4.78, 5) is 30.8. The van der Waals surface area contributed by atoms with Crippen LogP contribution in [0.5, 0.6) is 0 Å². The van der Waals surface area contributed by atoms with E-state index in [-0.39, 0.29) is 28.5 Å². The van der Waals surface area contributed by atoms with Crippen molar-refractivity contribution in [1.82, 2.24) is 15.1 Å². The lowest BCUT2D eigenvalue weighted by Gasteiger charge is -2.24. The molecular weight excluding hydrogens is 509 g/mol. The van der Waals surface area contributed by atoms with Crippen LogP contribution in [-0.4, -0.2) is 47.8 Å². The highest BCUT2D eigenvalue weighted by Gasteiger charge is 2.36. The lowest BCUT2D eigenvalue weighted by molar-refractivity contribution is -0.121. The number of nitrogens with zero attached hydrogens (tertiary/aromatic N) is 2. The third kappa shape index (κ3) is 6.12. The van der Waals surface area contributed by atoms with E-state index in [0.29, 0.717) is 13.0 Å². The van der Waals surface area contributed by atoms with Crippen LogP contribution >= 0.6 is 22.9 Å². The molecule has 1 saturated heterocycles. The van der Waals surface area contributed by atoms with Gasteiger partial charge in [-0.1, -0.05) is 54.1 Å². The number of hydrogen-bond acceptors (Lipinski definition) is 4. The van der Waals surface area contributed by atoms with E-state index in [0.717, 1.165) is 38.0 Å². The fourth-order valence-electron chi connectivity index (χ4n) is 5.13. The lowest BCUT2D eigenvalue weighted by Crippen LogP contribution is -2.33. The monoisotopic (exact) mass is 537 g/mol. The van der Waals surface area contributed by atoms with Crippen molar-refractivity contribution in [1.29, 1.82) is 0 Å². The zero-order chi connectivity index (χ0) is 25.8. The van der Waals surface area contributed by atoms with E-state index in [9.17, 15) is 14.0 Å². The molecule has 1 aromatic heterocycles. The van der Waals surface area contributed by atoms with Crippen molar-refractivity contribution in [2.24, 2.45) is 5.92 Å². The highest BCUT2D eigenvalue weighted by atomic mass is 35.5. The Morgan fingerprint density at radius 1 is 1.08 bits per heavy atom. The quantitative estimate of drug-likeness (QED) is 0.381. The van der Waals surface area contributed by atoms with Crippen molar-refractivity contribution in [2.75, 3.05) is 26.2 Å². The molecule has 192 valence electrons. The van der Waals surface area contributed by atoms with Crippen LogP contribution in [0.4, 0.5) is 4.39 Å². The minimum absolute atomic E-state index is 0.0595. The Morgan fingerprint density at radius 3 is 2.65 bits per heavy atom. The van der Waals surface area contributed by atoms with Gasteiger partial charge < -0.3 is 10.2 Å². The smallest absolute Gasteiger partial charge is 0.262 e. The molecule has 0 radical (unpaired) electrons.